The van der Waals surface area contributed by atoms with Crippen molar-refractivity contribution in [3.8, 4) is 0 Å². The highest BCUT2D eigenvalue weighted by Crippen LogP contribution is 2.28. The maximum absolute atomic E-state index is 11.8. The quantitative estimate of drug-likeness (QED) is 0.788. The third-order valence-electron chi connectivity index (χ3n) is 4.20. The lowest BCUT2D eigenvalue weighted by molar-refractivity contribution is -0.122. The topological polar surface area (TPSA) is 41.1 Å². The average molecular weight is 238 g/mol. The molecule has 0 radical (unpaired) electrons. The molecule has 17 heavy (non-hydrogen) atoms. The van der Waals surface area contributed by atoms with Crippen molar-refractivity contribution in [2.45, 2.75) is 63.8 Å². The van der Waals surface area contributed by atoms with Gasteiger partial charge in [0.2, 0.25) is 5.91 Å². The van der Waals surface area contributed by atoms with Crippen LogP contribution in [-0.2, 0) is 4.79 Å². The van der Waals surface area contributed by atoms with E-state index in [2.05, 4.69) is 10.6 Å². The molecule has 2 aliphatic rings. The summed E-state index contributed by atoms with van der Waals surface area (Å²) in [6.45, 7) is 2.15. The minimum absolute atomic E-state index is 0.281. The van der Waals surface area contributed by atoms with Crippen molar-refractivity contribution in [3.63, 3.8) is 0 Å². The van der Waals surface area contributed by atoms with Crippen LogP contribution >= 0.6 is 0 Å². The van der Waals surface area contributed by atoms with Crippen LogP contribution in [0.2, 0.25) is 0 Å². The van der Waals surface area contributed by atoms with Gasteiger partial charge in [-0.25, -0.2) is 0 Å². The minimum atomic E-state index is 0.281. The summed E-state index contributed by atoms with van der Waals surface area (Å²) in [5.74, 6) is 1.11. The van der Waals surface area contributed by atoms with E-state index in [1.807, 2.05) is 0 Å². The lowest BCUT2D eigenvalue weighted by atomic mass is 10.0. The number of hydrogen-bond acceptors (Lipinski definition) is 2. The van der Waals surface area contributed by atoms with Crippen LogP contribution in [0.4, 0.5) is 0 Å². The summed E-state index contributed by atoms with van der Waals surface area (Å²) < 4.78 is 0. The predicted octanol–water partition coefficient (Wildman–Crippen LogP) is 2.22. The molecule has 1 unspecified atom stereocenters. The molecule has 0 spiro atoms. The zero-order valence-corrected chi connectivity index (χ0v) is 10.8. The lowest BCUT2D eigenvalue weighted by Gasteiger charge is -2.16. The first kappa shape index (κ1) is 12.9. The zero-order chi connectivity index (χ0) is 11.9. The van der Waals surface area contributed by atoms with Crippen molar-refractivity contribution in [1.82, 2.24) is 10.6 Å². The molecule has 3 nitrogen and oxygen atoms in total. The van der Waals surface area contributed by atoms with Gasteiger partial charge < -0.3 is 10.6 Å². The fourth-order valence-corrected chi connectivity index (χ4v) is 3.10. The minimum Gasteiger partial charge on any atom is -0.353 e. The Kier molecular flexibility index (Phi) is 5.30. The molecule has 1 atom stereocenters. The lowest BCUT2D eigenvalue weighted by Crippen LogP contribution is -2.35. The molecule has 1 heterocycles. The number of amides is 1. The molecule has 1 saturated carbocycles. The van der Waals surface area contributed by atoms with Crippen molar-refractivity contribution >= 4 is 5.91 Å². The van der Waals surface area contributed by atoms with E-state index in [0.29, 0.717) is 6.04 Å². The number of nitrogens with one attached hydrogen (secondary N) is 2. The van der Waals surface area contributed by atoms with Crippen LogP contribution in [0.25, 0.3) is 0 Å². The molecule has 98 valence electrons. The van der Waals surface area contributed by atoms with Crippen LogP contribution < -0.4 is 10.6 Å². The first-order valence-corrected chi connectivity index (χ1v) is 7.34. The van der Waals surface area contributed by atoms with Crippen LogP contribution in [0.5, 0.6) is 0 Å². The van der Waals surface area contributed by atoms with Crippen molar-refractivity contribution in [2.75, 3.05) is 13.1 Å². The molecule has 1 amide bonds. The molecule has 0 aromatic rings. The van der Waals surface area contributed by atoms with E-state index < -0.39 is 0 Å². The molecule has 0 aromatic heterocycles. The molecule has 1 saturated heterocycles. The van der Waals surface area contributed by atoms with Crippen molar-refractivity contribution in [2.24, 2.45) is 5.92 Å². The highest BCUT2D eigenvalue weighted by atomic mass is 16.1. The van der Waals surface area contributed by atoms with E-state index in [1.165, 1.54) is 32.1 Å². The van der Waals surface area contributed by atoms with Crippen LogP contribution in [0.1, 0.15) is 57.8 Å². The Labute approximate surface area is 105 Å². The Balaban J connectivity index is 1.61. The molecule has 1 aliphatic heterocycles. The van der Waals surface area contributed by atoms with E-state index in [4.69, 9.17) is 0 Å². The first-order valence-electron chi connectivity index (χ1n) is 7.34. The number of hydrogen-bond donors (Lipinski definition) is 2. The number of carbonyl (C=O) groups excluding carboxylic acids is 1. The highest BCUT2D eigenvalue weighted by molar-refractivity contribution is 5.76. The molecule has 0 aromatic carbocycles. The van der Waals surface area contributed by atoms with E-state index in [9.17, 15) is 4.79 Å². The fourth-order valence-electron chi connectivity index (χ4n) is 3.10. The molecular weight excluding hydrogens is 212 g/mol. The Morgan fingerprint density at radius 3 is 2.71 bits per heavy atom. The van der Waals surface area contributed by atoms with Gasteiger partial charge >= 0.3 is 0 Å². The SMILES string of the molecule is O=C(CCC1CCCC1)NC1CCCNCC1. The summed E-state index contributed by atoms with van der Waals surface area (Å²) in [4.78, 5) is 11.8. The second-order valence-corrected chi connectivity index (χ2v) is 5.63. The van der Waals surface area contributed by atoms with Gasteiger partial charge in [-0.05, 0) is 44.7 Å². The summed E-state index contributed by atoms with van der Waals surface area (Å²) in [5.41, 5.74) is 0. The maximum atomic E-state index is 11.8. The van der Waals surface area contributed by atoms with Crippen LogP contribution in [0.15, 0.2) is 0 Å². The van der Waals surface area contributed by atoms with Crippen LogP contribution in [-0.4, -0.2) is 25.0 Å². The summed E-state index contributed by atoms with van der Waals surface area (Å²) in [7, 11) is 0. The van der Waals surface area contributed by atoms with Gasteiger partial charge in [0, 0.05) is 12.5 Å². The molecular formula is C14H26N2O. The Morgan fingerprint density at radius 2 is 1.88 bits per heavy atom. The van der Waals surface area contributed by atoms with Gasteiger partial charge in [0.15, 0.2) is 0 Å². The third kappa shape index (κ3) is 4.66. The third-order valence-corrected chi connectivity index (χ3v) is 4.20. The predicted molar refractivity (Wildman–Crippen MR) is 69.8 cm³/mol. The summed E-state index contributed by atoms with van der Waals surface area (Å²) in [6.07, 6.45) is 10.7. The smallest absolute Gasteiger partial charge is 0.220 e. The van der Waals surface area contributed by atoms with E-state index in [1.54, 1.807) is 0 Å². The molecule has 2 N–H and O–H groups in total. The monoisotopic (exact) mass is 238 g/mol. The van der Waals surface area contributed by atoms with E-state index >= 15 is 0 Å². The van der Waals surface area contributed by atoms with Gasteiger partial charge in [0.1, 0.15) is 0 Å². The second kappa shape index (κ2) is 7.00. The fraction of sp³-hybridized carbons (Fsp3) is 0.929. The van der Waals surface area contributed by atoms with Crippen LogP contribution in [0.3, 0.4) is 0 Å². The largest absolute Gasteiger partial charge is 0.353 e. The maximum Gasteiger partial charge on any atom is 0.220 e. The Hall–Kier alpha value is -0.570. The van der Waals surface area contributed by atoms with Gasteiger partial charge in [-0.3, -0.25) is 4.79 Å². The standard InChI is InChI=1S/C14H26N2O/c17-14(8-7-12-4-1-2-5-12)16-13-6-3-10-15-11-9-13/h12-13,15H,1-11H2,(H,16,17). The molecule has 0 bridgehead atoms. The van der Waals surface area contributed by atoms with Gasteiger partial charge in [0.25, 0.3) is 0 Å². The molecule has 2 fully saturated rings. The van der Waals surface area contributed by atoms with Gasteiger partial charge in [-0.15, -0.1) is 0 Å². The van der Waals surface area contributed by atoms with Gasteiger partial charge in [0.05, 0.1) is 0 Å². The van der Waals surface area contributed by atoms with Gasteiger partial charge in [-0.2, -0.15) is 0 Å². The van der Waals surface area contributed by atoms with Crippen molar-refractivity contribution < 1.29 is 4.79 Å². The van der Waals surface area contributed by atoms with Gasteiger partial charge in [-0.1, -0.05) is 25.7 Å². The molecule has 2 rings (SSSR count). The molecule has 3 heteroatoms. The average Bonchev–Trinajstić information content (AvgIpc) is 2.72. The Bertz CT molecular complexity index is 228. The highest BCUT2D eigenvalue weighted by Gasteiger charge is 2.18. The first-order chi connectivity index (χ1) is 8.34. The van der Waals surface area contributed by atoms with Crippen molar-refractivity contribution in [3.05, 3.63) is 0 Å². The summed E-state index contributed by atoms with van der Waals surface area (Å²) in [6, 6.07) is 0.418. The normalized spacial score (nSPS) is 26.7. The van der Waals surface area contributed by atoms with E-state index in [-0.39, 0.29) is 5.91 Å². The number of rotatable bonds is 4. The second-order valence-electron chi connectivity index (χ2n) is 5.63. The van der Waals surface area contributed by atoms with Crippen molar-refractivity contribution in [1.29, 1.82) is 0 Å². The van der Waals surface area contributed by atoms with E-state index in [0.717, 1.165) is 44.7 Å². The number of carbonyl (C=O) groups is 1. The van der Waals surface area contributed by atoms with Crippen LogP contribution in [0, 0.1) is 5.92 Å². The summed E-state index contributed by atoms with van der Waals surface area (Å²) >= 11 is 0. The zero-order valence-electron chi connectivity index (χ0n) is 10.8. The Morgan fingerprint density at radius 1 is 1.06 bits per heavy atom. The summed E-state index contributed by atoms with van der Waals surface area (Å²) in [5, 5.41) is 6.58. The molecule has 1 aliphatic carbocycles.